The Morgan fingerprint density at radius 2 is 2.20 bits per heavy atom. The molecule has 0 aliphatic rings. The third-order valence-electron chi connectivity index (χ3n) is 1.23. The Hall–Kier alpha value is -0.120. The standard InChI is InChI=1S/C7H17NO2/c1-3-10-6-7(8)4-5-9-2/h7H,3-6,8H2,1-2H3. The number of methoxy groups -OCH3 is 1. The van der Waals surface area contributed by atoms with Crippen LogP contribution in [0.2, 0.25) is 0 Å². The minimum absolute atomic E-state index is 0.125. The van der Waals surface area contributed by atoms with Gasteiger partial charge in [-0.3, -0.25) is 0 Å². The highest BCUT2D eigenvalue weighted by Gasteiger charge is 1.99. The predicted molar refractivity (Wildman–Crippen MR) is 41.0 cm³/mol. The van der Waals surface area contributed by atoms with Crippen molar-refractivity contribution in [3.8, 4) is 0 Å². The van der Waals surface area contributed by atoms with E-state index < -0.39 is 0 Å². The third-order valence-corrected chi connectivity index (χ3v) is 1.23. The van der Waals surface area contributed by atoms with Crippen molar-refractivity contribution >= 4 is 0 Å². The van der Waals surface area contributed by atoms with Crippen molar-refractivity contribution < 1.29 is 9.47 Å². The highest BCUT2D eigenvalue weighted by Crippen LogP contribution is 1.89. The van der Waals surface area contributed by atoms with Crippen molar-refractivity contribution in [3.63, 3.8) is 0 Å². The number of rotatable bonds is 6. The highest BCUT2D eigenvalue weighted by atomic mass is 16.5. The van der Waals surface area contributed by atoms with Crippen LogP contribution < -0.4 is 5.73 Å². The average molecular weight is 147 g/mol. The summed E-state index contributed by atoms with van der Waals surface area (Å²) in [4.78, 5) is 0. The molecule has 0 aromatic heterocycles. The Balaban J connectivity index is 3.00. The lowest BCUT2D eigenvalue weighted by Gasteiger charge is -2.09. The van der Waals surface area contributed by atoms with Crippen LogP contribution in [-0.4, -0.2) is 33.0 Å². The molecule has 0 saturated heterocycles. The first-order valence-electron chi connectivity index (χ1n) is 3.63. The van der Waals surface area contributed by atoms with E-state index >= 15 is 0 Å². The zero-order valence-electron chi connectivity index (χ0n) is 6.80. The van der Waals surface area contributed by atoms with Gasteiger partial charge in [-0.15, -0.1) is 0 Å². The quantitative estimate of drug-likeness (QED) is 0.591. The third kappa shape index (κ3) is 6.01. The Morgan fingerprint density at radius 3 is 2.70 bits per heavy atom. The molecule has 0 bridgehead atoms. The van der Waals surface area contributed by atoms with Crippen molar-refractivity contribution in [3.05, 3.63) is 0 Å². The highest BCUT2D eigenvalue weighted by molar-refractivity contribution is 4.57. The fourth-order valence-corrected chi connectivity index (χ4v) is 0.622. The SMILES string of the molecule is CCOCC(N)CCOC. The van der Waals surface area contributed by atoms with Crippen molar-refractivity contribution in [2.24, 2.45) is 5.73 Å². The smallest absolute Gasteiger partial charge is 0.0618 e. The second-order valence-electron chi connectivity index (χ2n) is 2.20. The lowest BCUT2D eigenvalue weighted by Crippen LogP contribution is -2.27. The van der Waals surface area contributed by atoms with Gasteiger partial charge in [-0.2, -0.15) is 0 Å². The molecule has 0 rings (SSSR count). The summed E-state index contributed by atoms with van der Waals surface area (Å²) in [5.41, 5.74) is 5.64. The summed E-state index contributed by atoms with van der Waals surface area (Å²) in [7, 11) is 1.67. The van der Waals surface area contributed by atoms with Gasteiger partial charge in [-0.1, -0.05) is 0 Å². The first-order chi connectivity index (χ1) is 4.81. The molecule has 62 valence electrons. The second-order valence-corrected chi connectivity index (χ2v) is 2.20. The van der Waals surface area contributed by atoms with E-state index in [0.717, 1.165) is 13.0 Å². The minimum atomic E-state index is 0.125. The van der Waals surface area contributed by atoms with Crippen LogP contribution in [0.25, 0.3) is 0 Å². The average Bonchev–Trinajstić information content (AvgIpc) is 1.97. The van der Waals surface area contributed by atoms with Crippen LogP contribution in [0.5, 0.6) is 0 Å². The van der Waals surface area contributed by atoms with E-state index in [0.29, 0.717) is 13.2 Å². The normalized spacial score (nSPS) is 13.5. The molecule has 10 heavy (non-hydrogen) atoms. The molecule has 0 aromatic rings. The molecule has 0 aromatic carbocycles. The van der Waals surface area contributed by atoms with E-state index in [1.165, 1.54) is 0 Å². The lowest BCUT2D eigenvalue weighted by molar-refractivity contribution is 0.115. The van der Waals surface area contributed by atoms with Crippen molar-refractivity contribution in [1.82, 2.24) is 0 Å². The van der Waals surface area contributed by atoms with Crippen LogP contribution in [0.1, 0.15) is 13.3 Å². The zero-order chi connectivity index (χ0) is 7.82. The van der Waals surface area contributed by atoms with Crippen molar-refractivity contribution in [2.45, 2.75) is 19.4 Å². The van der Waals surface area contributed by atoms with Crippen LogP contribution in [0.15, 0.2) is 0 Å². The monoisotopic (exact) mass is 147 g/mol. The molecule has 1 unspecified atom stereocenters. The molecular weight excluding hydrogens is 130 g/mol. The molecule has 0 fully saturated rings. The van der Waals surface area contributed by atoms with Gasteiger partial charge in [0.2, 0.25) is 0 Å². The van der Waals surface area contributed by atoms with Crippen molar-refractivity contribution in [1.29, 1.82) is 0 Å². The minimum Gasteiger partial charge on any atom is -0.385 e. The van der Waals surface area contributed by atoms with E-state index in [-0.39, 0.29) is 6.04 Å². The summed E-state index contributed by atoms with van der Waals surface area (Å²) >= 11 is 0. The van der Waals surface area contributed by atoms with Gasteiger partial charge in [0.05, 0.1) is 6.61 Å². The summed E-state index contributed by atoms with van der Waals surface area (Å²) in [6, 6.07) is 0.125. The summed E-state index contributed by atoms with van der Waals surface area (Å²) < 4.78 is 9.97. The van der Waals surface area contributed by atoms with Gasteiger partial charge < -0.3 is 15.2 Å². The lowest BCUT2D eigenvalue weighted by atomic mass is 10.2. The maximum atomic E-state index is 5.64. The molecule has 0 aliphatic carbocycles. The first kappa shape index (κ1) is 9.88. The summed E-state index contributed by atoms with van der Waals surface area (Å²) in [6.45, 7) is 4.05. The predicted octanol–water partition coefficient (Wildman–Crippen LogP) is 0.387. The van der Waals surface area contributed by atoms with Gasteiger partial charge in [-0.05, 0) is 13.3 Å². The van der Waals surface area contributed by atoms with Crippen LogP contribution in [0, 0.1) is 0 Å². The van der Waals surface area contributed by atoms with Gasteiger partial charge in [0, 0.05) is 26.4 Å². The van der Waals surface area contributed by atoms with Gasteiger partial charge >= 0.3 is 0 Å². The molecule has 3 heteroatoms. The second kappa shape index (κ2) is 6.99. The van der Waals surface area contributed by atoms with Crippen molar-refractivity contribution in [2.75, 3.05) is 26.9 Å². The molecule has 3 nitrogen and oxygen atoms in total. The Bertz CT molecular complexity index is 60.6. The first-order valence-corrected chi connectivity index (χ1v) is 3.63. The Morgan fingerprint density at radius 1 is 1.50 bits per heavy atom. The largest absolute Gasteiger partial charge is 0.385 e. The molecule has 0 radical (unpaired) electrons. The topological polar surface area (TPSA) is 44.5 Å². The number of ether oxygens (including phenoxy) is 2. The molecule has 1 atom stereocenters. The zero-order valence-corrected chi connectivity index (χ0v) is 6.80. The molecular formula is C7H17NO2. The summed E-state index contributed by atoms with van der Waals surface area (Å²) in [5, 5.41) is 0. The maximum Gasteiger partial charge on any atom is 0.0618 e. The maximum absolute atomic E-state index is 5.64. The Labute approximate surface area is 62.5 Å². The van der Waals surface area contributed by atoms with Gasteiger partial charge in [-0.25, -0.2) is 0 Å². The number of hydrogen-bond acceptors (Lipinski definition) is 3. The Kier molecular flexibility index (Phi) is 6.91. The van der Waals surface area contributed by atoms with Gasteiger partial charge in [0.25, 0.3) is 0 Å². The van der Waals surface area contributed by atoms with Crippen LogP contribution in [0.4, 0.5) is 0 Å². The molecule has 0 amide bonds. The molecule has 0 saturated carbocycles. The van der Waals surface area contributed by atoms with E-state index in [1.54, 1.807) is 7.11 Å². The molecule has 2 N–H and O–H groups in total. The number of hydrogen-bond donors (Lipinski definition) is 1. The fourth-order valence-electron chi connectivity index (χ4n) is 0.622. The fraction of sp³-hybridized carbons (Fsp3) is 1.00. The van der Waals surface area contributed by atoms with Crippen LogP contribution in [-0.2, 0) is 9.47 Å². The molecule has 0 aliphatic heterocycles. The molecule has 0 heterocycles. The summed E-state index contributed by atoms with van der Waals surface area (Å²) in [6.07, 6.45) is 0.872. The van der Waals surface area contributed by atoms with Gasteiger partial charge in [0.1, 0.15) is 0 Å². The van der Waals surface area contributed by atoms with E-state index in [2.05, 4.69) is 0 Å². The van der Waals surface area contributed by atoms with Gasteiger partial charge in [0.15, 0.2) is 0 Å². The van der Waals surface area contributed by atoms with E-state index in [4.69, 9.17) is 15.2 Å². The summed E-state index contributed by atoms with van der Waals surface area (Å²) in [5.74, 6) is 0. The number of nitrogens with two attached hydrogens (primary N) is 1. The van der Waals surface area contributed by atoms with E-state index in [1.807, 2.05) is 6.92 Å². The van der Waals surface area contributed by atoms with Crippen LogP contribution >= 0.6 is 0 Å². The van der Waals surface area contributed by atoms with Crippen LogP contribution in [0.3, 0.4) is 0 Å². The van der Waals surface area contributed by atoms with E-state index in [9.17, 15) is 0 Å². The molecule has 0 spiro atoms.